The third-order valence-corrected chi connectivity index (χ3v) is 13.1. The molecular formula is C62H112O5. The van der Waals surface area contributed by atoms with Crippen molar-refractivity contribution in [3.05, 3.63) is 60.8 Å². The van der Waals surface area contributed by atoms with Crippen LogP contribution in [0.15, 0.2) is 60.8 Å². The molecule has 1 atom stereocenters. The number of allylic oxidation sites excluding steroid dienone is 9. The van der Waals surface area contributed by atoms with Crippen LogP contribution in [0.3, 0.4) is 0 Å². The number of aliphatic hydroxyl groups excluding tert-OH is 1. The van der Waals surface area contributed by atoms with Crippen molar-refractivity contribution >= 4 is 11.9 Å². The van der Waals surface area contributed by atoms with Gasteiger partial charge in [-0.1, -0.05) is 312 Å². The molecule has 5 nitrogen and oxygen atoms in total. The highest BCUT2D eigenvalue weighted by molar-refractivity contribution is 5.71. The molecule has 0 fully saturated rings. The number of carbonyl (C=O) groups is 2. The Kier molecular flexibility index (Phi) is 55.8. The molecule has 0 aromatic rings. The minimum atomic E-state index is -0.827. The van der Waals surface area contributed by atoms with Gasteiger partial charge in [0.05, 0.1) is 13.0 Å². The summed E-state index contributed by atoms with van der Waals surface area (Å²) in [6.07, 6.45) is 78.4. The summed E-state index contributed by atoms with van der Waals surface area (Å²) >= 11 is 0. The van der Waals surface area contributed by atoms with Gasteiger partial charge in [-0.15, -0.1) is 0 Å². The number of carbonyl (C=O) groups excluding carboxylic acids is 2. The van der Waals surface area contributed by atoms with Gasteiger partial charge in [-0.25, -0.2) is 0 Å². The number of ether oxygens (including phenoxy) is 2. The molecule has 0 aliphatic carbocycles. The maximum atomic E-state index is 12.2. The van der Waals surface area contributed by atoms with Crippen LogP contribution in [0.2, 0.25) is 0 Å². The summed E-state index contributed by atoms with van der Waals surface area (Å²) in [6, 6.07) is 0. The zero-order chi connectivity index (χ0) is 48.5. The number of unbranched alkanes of at least 4 members (excludes halogenated alkanes) is 37. The minimum Gasteiger partial charge on any atom is -0.462 e. The molecule has 0 aromatic carbocycles. The Labute approximate surface area is 417 Å². The summed E-state index contributed by atoms with van der Waals surface area (Å²) < 4.78 is 10.6. The molecule has 0 aliphatic rings. The zero-order valence-electron chi connectivity index (χ0n) is 44.7. The fourth-order valence-electron chi connectivity index (χ4n) is 8.75. The Morgan fingerprint density at radius 1 is 0.358 bits per heavy atom. The molecule has 390 valence electrons. The van der Waals surface area contributed by atoms with E-state index >= 15 is 0 Å². The van der Waals surface area contributed by atoms with Crippen LogP contribution in [-0.4, -0.2) is 36.4 Å². The molecule has 0 saturated carbocycles. The minimum absolute atomic E-state index is 0.105. The van der Waals surface area contributed by atoms with Gasteiger partial charge in [-0.3, -0.25) is 9.59 Å². The van der Waals surface area contributed by atoms with Crippen molar-refractivity contribution in [2.75, 3.05) is 13.2 Å². The second-order valence-electron chi connectivity index (χ2n) is 19.7. The van der Waals surface area contributed by atoms with Crippen LogP contribution in [0.25, 0.3) is 0 Å². The molecule has 0 amide bonds. The van der Waals surface area contributed by atoms with E-state index in [-0.39, 0.29) is 25.6 Å². The van der Waals surface area contributed by atoms with Crippen LogP contribution in [0.5, 0.6) is 0 Å². The Bertz CT molecular complexity index is 1150. The van der Waals surface area contributed by atoms with E-state index in [0.29, 0.717) is 6.42 Å². The lowest BCUT2D eigenvalue weighted by Crippen LogP contribution is -2.28. The van der Waals surface area contributed by atoms with Crippen LogP contribution in [0, 0.1) is 0 Å². The van der Waals surface area contributed by atoms with Crippen LogP contribution < -0.4 is 0 Å². The molecule has 5 heteroatoms. The fourth-order valence-corrected chi connectivity index (χ4v) is 8.75. The number of rotatable bonds is 54. The predicted molar refractivity (Wildman–Crippen MR) is 293 cm³/mol. The molecule has 1 unspecified atom stereocenters. The standard InChI is InChI=1S/C62H112O5/c1-3-5-7-9-11-13-15-17-19-20-21-22-23-24-25-26-27-28-29-30-31-32-33-34-35-36-37-38-39-40-41-43-44-46-48-50-52-54-56-61(64)66-59-60(58-63)67-62(65)57-55-53-51-49-47-45-42-18-16-14-12-10-8-6-4-2/h6,8,12,14,18,42,47,49,53,55,60,63H,3-5,7,9-11,13,15-17,19-41,43-46,48,50-52,54,56-59H2,1-2H3/b8-6-,14-12-,42-18-,49-47-,55-53-. The Morgan fingerprint density at radius 2 is 0.627 bits per heavy atom. The summed E-state index contributed by atoms with van der Waals surface area (Å²) in [6.45, 7) is 3.97. The second kappa shape index (κ2) is 57.9. The summed E-state index contributed by atoms with van der Waals surface area (Å²) in [5, 5.41) is 9.60. The maximum absolute atomic E-state index is 12.2. The van der Waals surface area contributed by atoms with Gasteiger partial charge in [0.15, 0.2) is 6.10 Å². The summed E-state index contributed by atoms with van der Waals surface area (Å²) in [7, 11) is 0. The zero-order valence-corrected chi connectivity index (χ0v) is 44.7. The molecule has 0 rings (SSSR count). The average molecular weight is 938 g/mol. The topological polar surface area (TPSA) is 72.8 Å². The van der Waals surface area contributed by atoms with Crippen molar-refractivity contribution in [3.63, 3.8) is 0 Å². The fraction of sp³-hybridized carbons (Fsp3) is 0.806. The molecule has 0 radical (unpaired) electrons. The third-order valence-electron chi connectivity index (χ3n) is 13.1. The highest BCUT2D eigenvalue weighted by atomic mass is 16.6. The van der Waals surface area contributed by atoms with Gasteiger partial charge in [-0.2, -0.15) is 0 Å². The molecule has 0 aliphatic heterocycles. The quantitative estimate of drug-likeness (QED) is 0.0374. The highest BCUT2D eigenvalue weighted by Crippen LogP contribution is 2.18. The SMILES string of the molecule is CC/C=C\C/C=C\C/C=C\C/C=C\C/C=C\CC(=O)OC(CO)COC(=O)CCCCCCCCCCCCCCCCCCCCCCCCCCCCCCCCCCCCCCCC. The Balaban J connectivity index is 3.40. The van der Waals surface area contributed by atoms with Gasteiger partial charge < -0.3 is 14.6 Å². The van der Waals surface area contributed by atoms with Gasteiger partial charge in [-0.05, 0) is 38.5 Å². The van der Waals surface area contributed by atoms with Gasteiger partial charge in [0.2, 0.25) is 0 Å². The van der Waals surface area contributed by atoms with Crippen molar-refractivity contribution in [2.45, 2.75) is 309 Å². The largest absolute Gasteiger partial charge is 0.462 e. The van der Waals surface area contributed by atoms with Crippen LogP contribution in [-0.2, 0) is 19.1 Å². The van der Waals surface area contributed by atoms with E-state index in [1.165, 1.54) is 225 Å². The Hall–Kier alpha value is -2.40. The van der Waals surface area contributed by atoms with Crippen molar-refractivity contribution in [3.8, 4) is 0 Å². The van der Waals surface area contributed by atoms with E-state index in [4.69, 9.17) is 9.47 Å². The lowest BCUT2D eigenvalue weighted by atomic mass is 10.0. The second-order valence-corrected chi connectivity index (χ2v) is 19.7. The normalized spacial score (nSPS) is 12.6. The van der Waals surface area contributed by atoms with E-state index in [1.54, 1.807) is 6.08 Å². The van der Waals surface area contributed by atoms with Crippen molar-refractivity contribution in [2.24, 2.45) is 0 Å². The maximum Gasteiger partial charge on any atom is 0.310 e. The molecular weight excluding hydrogens is 825 g/mol. The number of esters is 2. The molecule has 67 heavy (non-hydrogen) atoms. The smallest absolute Gasteiger partial charge is 0.310 e. The van der Waals surface area contributed by atoms with Crippen LogP contribution >= 0.6 is 0 Å². The van der Waals surface area contributed by atoms with E-state index in [2.05, 4.69) is 62.5 Å². The highest BCUT2D eigenvalue weighted by Gasteiger charge is 2.15. The number of aliphatic hydroxyl groups is 1. The van der Waals surface area contributed by atoms with Crippen molar-refractivity contribution in [1.82, 2.24) is 0 Å². The van der Waals surface area contributed by atoms with Gasteiger partial charge in [0.1, 0.15) is 6.61 Å². The summed E-state index contributed by atoms with van der Waals surface area (Å²) in [5.74, 6) is -0.729. The Morgan fingerprint density at radius 3 is 0.910 bits per heavy atom. The lowest BCUT2D eigenvalue weighted by molar-refractivity contribution is -0.160. The monoisotopic (exact) mass is 937 g/mol. The molecule has 1 N–H and O–H groups in total. The lowest BCUT2D eigenvalue weighted by Gasteiger charge is -2.15. The molecule has 0 spiro atoms. The third kappa shape index (κ3) is 56.1. The van der Waals surface area contributed by atoms with Gasteiger partial charge >= 0.3 is 11.9 Å². The first-order valence-electron chi connectivity index (χ1n) is 29.3. The van der Waals surface area contributed by atoms with Crippen molar-refractivity contribution in [1.29, 1.82) is 0 Å². The molecule has 0 heterocycles. The first-order valence-corrected chi connectivity index (χ1v) is 29.3. The van der Waals surface area contributed by atoms with E-state index < -0.39 is 12.1 Å². The van der Waals surface area contributed by atoms with Crippen LogP contribution in [0.1, 0.15) is 303 Å². The summed E-state index contributed by atoms with van der Waals surface area (Å²) in [4.78, 5) is 24.4. The average Bonchev–Trinajstić information content (AvgIpc) is 3.33. The summed E-state index contributed by atoms with van der Waals surface area (Å²) in [5.41, 5.74) is 0. The molecule has 0 saturated heterocycles. The van der Waals surface area contributed by atoms with E-state index in [0.717, 1.165) is 51.4 Å². The first kappa shape index (κ1) is 64.6. The van der Waals surface area contributed by atoms with Crippen molar-refractivity contribution < 1.29 is 24.2 Å². The molecule has 0 aromatic heterocycles. The van der Waals surface area contributed by atoms with Gasteiger partial charge in [0.25, 0.3) is 0 Å². The first-order chi connectivity index (χ1) is 33.1. The van der Waals surface area contributed by atoms with E-state index in [9.17, 15) is 14.7 Å². The van der Waals surface area contributed by atoms with Crippen LogP contribution in [0.4, 0.5) is 0 Å². The van der Waals surface area contributed by atoms with Gasteiger partial charge in [0, 0.05) is 6.42 Å². The predicted octanol–water partition coefficient (Wildman–Crippen LogP) is 19.8. The number of hydrogen-bond donors (Lipinski definition) is 1. The molecule has 0 bridgehead atoms. The van der Waals surface area contributed by atoms with E-state index in [1.807, 2.05) is 6.08 Å². The number of hydrogen-bond acceptors (Lipinski definition) is 5.